The highest BCUT2D eigenvalue weighted by Crippen LogP contribution is 2.02. The maximum Gasteiger partial charge on any atom is 0.330 e. The van der Waals surface area contributed by atoms with E-state index in [-0.39, 0.29) is 13.2 Å². The first kappa shape index (κ1) is 13.4. The third kappa shape index (κ3) is 6.45. The normalized spacial score (nSPS) is 10.3. The van der Waals surface area contributed by atoms with Crippen molar-refractivity contribution < 1.29 is 19.1 Å². The number of nitrogens with two attached hydrogens (primary N) is 1. The van der Waals surface area contributed by atoms with Crippen LogP contribution in [0.3, 0.4) is 0 Å². The molecule has 0 aromatic heterocycles. The molecule has 0 saturated heterocycles. The van der Waals surface area contributed by atoms with Gasteiger partial charge in [-0.1, -0.05) is 13.2 Å². The Morgan fingerprint density at radius 1 is 1.20 bits per heavy atom. The second-order valence-electron chi connectivity index (χ2n) is 3.28. The van der Waals surface area contributed by atoms with Crippen molar-refractivity contribution in [2.75, 3.05) is 13.2 Å². The highest BCUT2D eigenvalue weighted by atomic mass is 16.5. The molecule has 5 nitrogen and oxygen atoms in total. The first-order valence-corrected chi connectivity index (χ1v) is 4.28. The molecule has 5 heteroatoms. The van der Waals surface area contributed by atoms with E-state index in [0.717, 1.165) is 12.2 Å². The summed E-state index contributed by atoms with van der Waals surface area (Å²) in [6.45, 7) is 7.96. The lowest BCUT2D eigenvalue weighted by Gasteiger charge is -2.22. The molecule has 0 aliphatic rings. The van der Waals surface area contributed by atoms with Gasteiger partial charge >= 0.3 is 11.9 Å². The predicted octanol–water partition coefficient (Wildman–Crippen LogP) is 0.162. The molecule has 0 radical (unpaired) electrons. The van der Waals surface area contributed by atoms with Gasteiger partial charge < -0.3 is 15.2 Å². The monoisotopic (exact) mass is 213 g/mol. The van der Waals surface area contributed by atoms with Gasteiger partial charge in [-0.15, -0.1) is 0 Å². The molecular weight excluding hydrogens is 198 g/mol. The van der Waals surface area contributed by atoms with Gasteiger partial charge in [-0.05, 0) is 6.92 Å². The summed E-state index contributed by atoms with van der Waals surface area (Å²) in [7, 11) is 0. The van der Waals surface area contributed by atoms with Gasteiger partial charge in [0.1, 0.15) is 13.2 Å². The molecule has 0 aromatic rings. The summed E-state index contributed by atoms with van der Waals surface area (Å²) in [6.07, 6.45) is 2.07. The fraction of sp³-hybridized carbons (Fsp3) is 0.400. The Bertz CT molecular complexity index is 245. The minimum Gasteiger partial charge on any atom is -0.460 e. The minimum atomic E-state index is -0.919. The van der Waals surface area contributed by atoms with E-state index < -0.39 is 17.5 Å². The Morgan fingerprint density at radius 2 is 1.53 bits per heavy atom. The van der Waals surface area contributed by atoms with Gasteiger partial charge in [-0.3, -0.25) is 0 Å². The Morgan fingerprint density at radius 3 is 1.80 bits per heavy atom. The van der Waals surface area contributed by atoms with Gasteiger partial charge in [0.05, 0.1) is 5.54 Å². The molecule has 0 atom stereocenters. The van der Waals surface area contributed by atoms with Crippen LogP contribution >= 0.6 is 0 Å². The molecule has 0 fully saturated rings. The number of ether oxygens (including phenoxy) is 2. The molecule has 0 rings (SSSR count). The van der Waals surface area contributed by atoms with Crippen LogP contribution in [0.5, 0.6) is 0 Å². The maximum atomic E-state index is 10.7. The lowest BCUT2D eigenvalue weighted by molar-refractivity contribution is -0.143. The Hall–Kier alpha value is -1.62. The number of carbonyl (C=O) groups excluding carboxylic acids is 2. The third-order valence-corrected chi connectivity index (χ3v) is 1.42. The van der Waals surface area contributed by atoms with E-state index in [4.69, 9.17) is 15.2 Å². The van der Waals surface area contributed by atoms with E-state index in [1.54, 1.807) is 6.92 Å². The standard InChI is InChI=1S/C10H15NO4/c1-4-8(12)14-6-10(3,11)7-15-9(13)5-2/h4-5H,1-2,6-7,11H2,3H3. The second kappa shape index (κ2) is 5.98. The Labute approximate surface area is 88.5 Å². The van der Waals surface area contributed by atoms with E-state index in [1.165, 1.54) is 0 Å². The quantitative estimate of drug-likeness (QED) is 0.502. The zero-order chi connectivity index (χ0) is 11.9. The van der Waals surface area contributed by atoms with Crippen molar-refractivity contribution in [1.82, 2.24) is 0 Å². The summed E-state index contributed by atoms with van der Waals surface area (Å²) in [5.41, 5.74) is 4.78. The molecule has 0 saturated carbocycles. The topological polar surface area (TPSA) is 78.6 Å². The molecule has 15 heavy (non-hydrogen) atoms. The van der Waals surface area contributed by atoms with Gasteiger partial charge in [-0.2, -0.15) is 0 Å². The van der Waals surface area contributed by atoms with Crippen molar-refractivity contribution in [2.45, 2.75) is 12.5 Å². The summed E-state index contributed by atoms with van der Waals surface area (Å²) in [4.78, 5) is 21.5. The van der Waals surface area contributed by atoms with Crippen molar-refractivity contribution in [2.24, 2.45) is 5.73 Å². The number of hydrogen-bond acceptors (Lipinski definition) is 5. The Balaban J connectivity index is 3.95. The van der Waals surface area contributed by atoms with Crippen LogP contribution in [0.25, 0.3) is 0 Å². The van der Waals surface area contributed by atoms with Gasteiger partial charge in [0, 0.05) is 12.2 Å². The first-order chi connectivity index (χ1) is 6.91. The van der Waals surface area contributed by atoms with Gasteiger partial charge in [0.2, 0.25) is 0 Å². The summed E-state index contributed by atoms with van der Waals surface area (Å²) >= 11 is 0. The highest BCUT2D eigenvalue weighted by molar-refractivity contribution is 5.81. The second-order valence-corrected chi connectivity index (χ2v) is 3.28. The largest absolute Gasteiger partial charge is 0.460 e. The van der Waals surface area contributed by atoms with E-state index in [2.05, 4.69) is 13.2 Å². The van der Waals surface area contributed by atoms with E-state index >= 15 is 0 Å². The average molecular weight is 213 g/mol. The molecule has 0 aromatic carbocycles. The molecule has 0 aliphatic heterocycles. The lowest BCUT2D eigenvalue weighted by Crippen LogP contribution is -2.46. The highest BCUT2D eigenvalue weighted by Gasteiger charge is 2.22. The van der Waals surface area contributed by atoms with Crippen LogP contribution in [0.1, 0.15) is 6.92 Å². The molecule has 0 heterocycles. The fourth-order valence-electron chi connectivity index (χ4n) is 0.632. The van der Waals surface area contributed by atoms with Crippen molar-refractivity contribution in [3.05, 3.63) is 25.3 Å². The van der Waals surface area contributed by atoms with Gasteiger partial charge in [-0.25, -0.2) is 9.59 Å². The maximum absolute atomic E-state index is 10.7. The molecule has 0 aliphatic carbocycles. The zero-order valence-electron chi connectivity index (χ0n) is 8.69. The predicted molar refractivity (Wildman–Crippen MR) is 54.9 cm³/mol. The van der Waals surface area contributed by atoms with Crippen molar-refractivity contribution in [3.63, 3.8) is 0 Å². The molecule has 84 valence electrons. The zero-order valence-corrected chi connectivity index (χ0v) is 8.69. The molecule has 2 N–H and O–H groups in total. The van der Waals surface area contributed by atoms with Crippen molar-refractivity contribution in [3.8, 4) is 0 Å². The molecule has 0 bridgehead atoms. The summed E-state index contributed by atoms with van der Waals surface area (Å²) in [5.74, 6) is -1.14. The molecule has 0 unspecified atom stereocenters. The fourth-order valence-corrected chi connectivity index (χ4v) is 0.632. The first-order valence-electron chi connectivity index (χ1n) is 4.28. The van der Waals surface area contributed by atoms with Gasteiger partial charge in [0.15, 0.2) is 0 Å². The number of carbonyl (C=O) groups is 2. The van der Waals surface area contributed by atoms with Crippen molar-refractivity contribution in [1.29, 1.82) is 0 Å². The third-order valence-electron chi connectivity index (χ3n) is 1.42. The van der Waals surface area contributed by atoms with Crippen molar-refractivity contribution >= 4 is 11.9 Å². The number of esters is 2. The van der Waals surface area contributed by atoms with E-state index in [9.17, 15) is 9.59 Å². The van der Waals surface area contributed by atoms with Crippen LogP contribution in [-0.4, -0.2) is 30.7 Å². The summed E-state index contributed by atoms with van der Waals surface area (Å²) in [5, 5.41) is 0. The SMILES string of the molecule is C=CC(=O)OCC(C)(N)COC(=O)C=C. The van der Waals surface area contributed by atoms with Crippen LogP contribution in [0, 0.1) is 0 Å². The summed E-state index contributed by atoms with van der Waals surface area (Å²) in [6, 6.07) is 0. The lowest BCUT2D eigenvalue weighted by atomic mass is 10.1. The van der Waals surface area contributed by atoms with Crippen LogP contribution in [0.15, 0.2) is 25.3 Å². The van der Waals surface area contributed by atoms with Gasteiger partial charge in [0.25, 0.3) is 0 Å². The van der Waals surface area contributed by atoms with Crippen LogP contribution in [0.2, 0.25) is 0 Å². The average Bonchev–Trinajstić information content (AvgIpc) is 2.22. The minimum absolute atomic E-state index is 0.0533. The molecule has 0 amide bonds. The number of hydrogen-bond donors (Lipinski definition) is 1. The smallest absolute Gasteiger partial charge is 0.330 e. The van der Waals surface area contributed by atoms with Crippen LogP contribution in [0.4, 0.5) is 0 Å². The summed E-state index contributed by atoms with van der Waals surface area (Å²) < 4.78 is 9.45. The molecular formula is C10H15NO4. The molecule has 0 spiro atoms. The van der Waals surface area contributed by atoms with Crippen LogP contribution < -0.4 is 5.73 Å². The van der Waals surface area contributed by atoms with Crippen LogP contribution in [-0.2, 0) is 19.1 Å². The Kier molecular flexibility index (Phi) is 5.33. The van der Waals surface area contributed by atoms with E-state index in [0.29, 0.717) is 0 Å². The van der Waals surface area contributed by atoms with E-state index in [1.807, 2.05) is 0 Å². The number of rotatable bonds is 6.